The first-order valence-corrected chi connectivity index (χ1v) is 22.5. The number of carboxylic acid groups (broad SMARTS) is 1. The molecule has 2 aliphatic rings. The molecule has 2 saturated carbocycles. The third kappa shape index (κ3) is 17.4. The monoisotopic (exact) mass is 1000 g/mol. The molecule has 0 bridgehead atoms. The fraction of sp³-hybridized carbons (Fsp3) is 0.233. The van der Waals surface area contributed by atoms with E-state index in [2.05, 4.69) is 114 Å². The first-order valence-electron chi connectivity index (χ1n) is 22.5. The molecule has 1 amide bonds. The van der Waals surface area contributed by atoms with Crippen LogP contribution in [0.3, 0.4) is 0 Å². The first kappa shape index (κ1) is 57.6. The van der Waals surface area contributed by atoms with E-state index >= 15 is 0 Å². The molecular weight excluding hydrogens is 951 g/mol. The number of halogens is 2. The van der Waals surface area contributed by atoms with E-state index in [4.69, 9.17) is 26.7 Å². The average Bonchev–Trinajstić information content (AvgIpc) is 4.31. The summed E-state index contributed by atoms with van der Waals surface area (Å²) in [6.45, 7) is 6.63. The van der Waals surface area contributed by atoms with E-state index in [0.717, 1.165) is 42.6 Å². The summed E-state index contributed by atoms with van der Waals surface area (Å²) >= 11 is 0. The van der Waals surface area contributed by atoms with Crippen molar-refractivity contribution in [2.24, 2.45) is 5.73 Å². The van der Waals surface area contributed by atoms with Gasteiger partial charge in [-0.25, -0.2) is 33.5 Å². The molecule has 13 nitrogen and oxygen atoms in total. The van der Waals surface area contributed by atoms with Gasteiger partial charge in [-0.15, -0.1) is 6.42 Å². The Morgan fingerprint density at radius 1 is 0.653 bits per heavy atom. The van der Waals surface area contributed by atoms with Crippen molar-refractivity contribution in [2.45, 2.75) is 64.7 Å². The standard InChI is InChI=1S/C21H21FN4O2.C17H4.C11H11N3O3.C10H12FN.CH4/c1-14-11-26(13-24-14)18-8-7-17(25-20(18)28-2)19(27)23-12-21(9-10-21)15-3-5-16(22)6-4-15;1-3-5-7-9-11-13-15-17-16-14-12-10-8-6-4-2;1-7-5-14(6-12-7)9-4-3-8(11(15)16)13-10(9)17-2;11-9-3-1-8(2-4-9)10(7-12)5-6-10;/h3-8,11,13H,9-10,12H2,1-2H3,(H,23,27);1H,2H3;3-6H,1-2H3,(H,15,16);1-4H,5-7,12H2;1H4. The van der Waals surface area contributed by atoms with Gasteiger partial charge in [0, 0.05) is 36.3 Å². The Labute approximate surface area is 437 Å². The molecule has 376 valence electrons. The number of methoxy groups -OCH3 is 2. The zero-order chi connectivity index (χ0) is 53.4. The molecular formula is C60H52F2N8O5. The summed E-state index contributed by atoms with van der Waals surface area (Å²) < 4.78 is 39.7. The number of amides is 1. The molecule has 0 saturated heterocycles. The number of ether oxygens (including phenoxy) is 2. The van der Waals surface area contributed by atoms with Gasteiger partial charge in [-0.1, -0.05) is 37.6 Å². The Kier molecular flexibility index (Phi) is 22.1. The van der Waals surface area contributed by atoms with Gasteiger partial charge >= 0.3 is 5.97 Å². The third-order valence-electron chi connectivity index (χ3n) is 11.0. The van der Waals surface area contributed by atoms with E-state index in [0.29, 0.717) is 30.3 Å². The number of terminal acetylenes is 1. The maximum Gasteiger partial charge on any atom is 0.354 e. The highest BCUT2D eigenvalue weighted by molar-refractivity contribution is 5.92. The molecule has 75 heavy (non-hydrogen) atoms. The molecule has 0 atom stereocenters. The number of rotatable bonds is 11. The van der Waals surface area contributed by atoms with Gasteiger partial charge in [-0.05, 0) is 189 Å². The van der Waals surface area contributed by atoms with Crippen LogP contribution >= 0.6 is 0 Å². The summed E-state index contributed by atoms with van der Waals surface area (Å²) in [4.78, 5) is 39.9. The molecule has 0 unspecified atom stereocenters. The Bertz CT molecular complexity index is 3480. The van der Waals surface area contributed by atoms with E-state index in [1.807, 2.05) is 32.2 Å². The second kappa shape index (κ2) is 28.7. The Hall–Kier alpha value is -10.0. The van der Waals surface area contributed by atoms with Gasteiger partial charge in [0.2, 0.25) is 11.8 Å². The first-order chi connectivity index (χ1) is 35.8. The van der Waals surface area contributed by atoms with Gasteiger partial charge in [0.25, 0.3) is 5.91 Å². The Morgan fingerprint density at radius 3 is 1.41 bits per heavy atom. The van der Waals surface area contributed by atoms with E-state index in [9.17, 15) is 18.4 Å². The zero-order valence-corrected chi connectivity index (χ0v) is 41.2. The maximum absolute atomic E-state index is 13.2. The number of aryl methyl sites for hydroxylation is 2. The SMILES string of the molecule is C.C#CC#CC#CC#CC#CC#CC#CC#CC.COc1nc(C(=O)NCC2(c3ccc(F)cc3)CC2)ccc1-n1cnc(C)c1.COc1nc(C(=O)O)ccc1-n1cnc(C)c1.NCC1(c2ccc(F)cc2)CC1. The topological polar surface area (TPSA) is 172 Å². The number of carboxylic acids is 1. The number of nitrogens with zero attached hydrogens (tertiary/aromatic N) is 6. The van der Waals surface area contributed by atoms with E-state index < -0.39 is 5.97 Å². The number of nitrogens with one attached hydrogen (secondary N) is 1. The van der Waals surface area contributed by atoms with Gasteiger partial charge in [-0.3, -0.25) is 4.79 Å². The van der Waals surface area contributed by atoms with Gasteiger partial charge in [0.1, 0.15) is 28.7 Å². The van der Waals surface area contributed by atoms with Crippen LogP contribution in [0.15, 0.2) is 97.8 Å². The summed E-state index contributed by atoms with van der Waals surface area (Å²) in [6.07, 6.45) is 16.1. The van der Waals surface area contributed by atoms with Crippen LogP contribution in [0, 0.1) is 121 Å². The number of pyridine rings is 2. The van der Waals surface area contributed by atoms with Crippen molar-refractivity contribution in [2.75, 3.05) is 27.3 Å². The van der Waals surface area contributed by atoms with Crippen LogP contribution in [-0.2, 0) is 10.8 Å². The number of imidazole rings is 2. The van der Waals surface area contributed by atoms with Crippen LogP contribution in [0.2, 0.25) is 0 Å². The van der Waals surface area contributed by atoms with Crippen molar-refractivity contribution >= 4 is 11.9 Å². The van der Waals surface area contributed by atoms with Crippen molar-refractivity contribution in [1.82, 2.24) is 34.4 Å². The molecule has 8 rings (SSSR count). The summed E-state index contributed by atoms with van der Waals surface area (Å²) in [7, 11) is 2.96. The quantitative estimate of drug-likeness (QED) is 0.110. The molecule has 4 aromatic heterocycles. The Balaban J connectivity index is 0.000000227. The van der Waals surface area contributed by atoms with Crippen LogP contribution in [0.1, 0.15) is 83.5 Å². The van der Waals surface area contributed by atoms with Crippen molar-refractivity contribution < 1.29 is 33.0 Å². The zero-order valence-electron chi connectivity index (χ0n) is 41.2. The summed E-state index contributed by atoms with van der Waals surface area (Å²) in [6, 6.07) is 19.7. The minimum Gasteiger partial charge on any atom is -0.479 e. The number of carbonyl (C=O) groups is 2. The minimum atomic E-state index is -1.09. The lowest BCUT2D eigenvalue weighted by Crippen LogP contribution is -2.32. The summed E-state index contributed by atoms with van der Waals surface area (Å²) in [5.41, 5.74) is 11.3. The van der Waals surface area contributed by atoms with Crippen molar-refractivity contribution in [1.29, 1.82) is 0 Å². The number of hydrogen-bond donors (Lipinski definition) is 3. The van der Waals surface area contributed by atoms with Crippen molar-refractivity contribution in [3.63, 3.8) is 0 Å². The molecule has 4 heterocycles. The smallest absolute Gasteiger partial charge is 0.354 e. The van der Waals surface area contributed by atoms with Crippen LogP contribution < -0.4 is 20.5 Å². The van der Waals surface area contributed by atoms with Crippen molar-refractivity contribution in [3.05, 3.63) is 143 Å². The second-order valence-corrected chi connectivity index (χ2v) is 16.1. The van der Waals surface area contributed by atoms with Gasteiger partial charge in [0.05, 0.1) is 38.3 Å². The Morgan fingerprint density at radius 2 is 1.05 bits per heavy atom. The molecule has 4 N–H and O–H groups in total. The summed E-state index contributed by atoms with van der Waals surface area (Å²) in [5, 5.41) is 11.8. The second-order valence-electron chi connectivity index (χ2n) is 16.1. The number of benzene rings is 2. The summed E-state index contributed by atoms with van der Waals surface area (Å²) in [5.74, 6) is 35.7. The van der Waals surface area contributed by atoms with E-state index in [1.165, 1.54) is 50.1 Å². The number of aromatic carboxylic acids is 1. The van der Waals surface area contributed by atoms with Crippen LogP contribution in [0.25, 0.3) is 11.4 Å². The lowest BCUT2D eigenvalue weighted by Gasteiger charge is -2.17. The molecule has 2 fully saturated rings. The fourth-order valence-electron chi connectivity index (χ4n) is 6.78. The molecule has 15 heteroatoms. The van der Waals surface area contributed by atoms with Gasteiger partial charge < -0.3 is 34.8 Å². The van der Waals surface area contributed by atoms with Crippen molar-refractivity contribution in [3.8, 4) is 118 Å². The number of hydrogen-bond acceptors (Lipinski definition) is 9. The molecule has 0 radical (unpaired) electrons. The average molecular weight is 1000 g/mol. The van der Waals surface area contributed by atoms with Gasteiger partial charge in [0.15, 0.2) is 5.69 Å². The highest BCUT2D eigenvalue weighted by Crippen LogP contribution is 2.48. The lowest BCUT2D eigenvalue weighted by molar-refractivity contribution is 0.0689. The number of carbonyl (C=O) groups excluding carboxylic acids is 1. The van der Waals surface area contributed by atoms with Gasteiger partial charge in [-0.2, -0.15) is 0 Å². The maximum atomic E-state index is 13.2. The van der Waals surface area contributed by atoms with Crippen LogP contribution in [0.5, 0.6) is 11.8 Å². The molecule has 0 aliphatic heterocycles. The number of aromatic nitrogens is 6. The highest BCUT2D eigenvalue weighted by atomic mass is 19.1. The predicted molar refractivity (Wildman–Crippen MR) is 284 cm³/mol. The highest BCUT2D eigenvalue weighted by Gasteiger charge is 2.44. The molecule has 6 aromatic rings. The lowest BCUT2D eigenvalue weighted by atomic mass is 9.96. The van der Waals surface area contributed by atoms with E-state index in [1.54, 1.807) is 65.2 Å². The molecule has 0 spiro atoms. The normalized spacial score (nSPS) is 11.7. The largest absolute Gasteiger partial charge is 0.479 e. The predicted octanol–water partition coefficient (Wildman–Crippen LogP) is 7.58. The molecule has 2 aliphatic carbocycles. The van der Waals surface area contributed by atoms with Crippen LogP contribution in [0.4, 0.5) is 8.78 Å². The minimum absolute atomic E-state index is 0. The fourth-order valence-corrected chi connectivity index (χ4v) is 6.78. The van der Waals surface area contributed by atoms with E-state index in [-0.39, 0.29) is 53.1 Å². The third-order valence-corrected chi connectivity index (χ3v) is 11.0. The molecule has 2 aromatic carbocycles. The number of nitrogens with two attached hydrogens (primary N) is 1. The van der Waals surface area contributed by atoms with Crippen LogP contribution in [-0.4, -0.2) is 73.4 Å².